The molecule has 0 aliphatic carbocycles. The summed E-state index contributed by atoms with van der Waals surface area (Å²) in [6.45, 7) is 2.78. The first kappa shape index (κ1) is 17.9. The average Bonchev–Trinajstić information content (AvgIpc) is 2.72. The summed E-state index contributed by atoms with van der Waals surface area (Å²) in [4.78, 5) is 32.7. The fourth-order valence-electron chi connectivity index (χ4n) is 3.05. The van der Waals surface area contributed by atoms with Gasteiger partial charge >= 0.3 is 0 Å². The van der Waals surface area contributed by atoms with Crippen LogP contribution in [0, 0.1) is 0 Å². The molecular formula is C20H23N3O3. The predicted octanol–water partition coefficient (Wildman–Crippen LogP) is 2.40. The minimum atomic E-state index is 0.0139. The largest absolute Gasteiger partial charge is 0.495 e. The Bertz CT molecular complexity index is 756. The molecule has 1 aliphatic rings. The molecule has 1 aromatic carbocycles. The first-order valence-electron chi connectivity index (χ1n) is 8.77. The van der Waals surface area contributed by atoms with Gasteiger partial charge in [0.15, 0.2) is 5.78 Å². The molecule has 0 N–H and O–H groups in total. The Morgan fingerprint density at radius 2 is 1.77 bits per heavy atom. The number of nitrogens with zero attached hydrogens (tertiary/aromatic N) is 3. The molecule has 3 rings (SSSR count). The molecule has 6 heteroatoms. The molecule has 1 aromatic heterocycles. The molecule has 0 unspecified atom stereocenters. The maximum Gasteiger partial charge on any atom is 0.223 e. The van der Waals surface area contributed by atoms with Crippen molar-refractivity contribution in [2.75, 3.05) is 38.2 Å². The van der Waals surface area contributed by atoms with Crippen LogP contribution in [0.2, 0.25) is 0 Å². The van der Waals surface area contributed by atoms with Crippen molar-refractivity contribution in [1.29, 1.82) is 0 Å². The number of aromatic nitrogens is 1. The molecule has 1 amide bonds. The smallest absolute Gasteiger partial charge is 0.223 e. The van der Waals surface area contributed by atoms with Gasteiger partial charge in [0.25, 0.3) is 0 Å². The SMILES string of the molecule is COc1cncc(N2CCN(C(=O)CCC(=O)c3ccccc3)CC2)c1. The van der Waals surface area contributed by atoms with Crippen molar-refractivity contribution in [3.8, 4) is 5.75 Å². The Hall–Kier alpha value is -2.89. The molecule has 26 heavy (non-hydrogen) atoms. The van der Waals surface area contributed by atoms with Gasteiger partial charge in [0.05, 0.1) is 25.2 Å². The van der Waals surface area contributed by atoms with E-state index in [9.17, 15) is 9.59 Å². The first-order chi connectivity index (χ1) is 12.7. The summed E-state index contributed by atoms with van der Waals surface area (Å²) in [5.41, 5.74) is 1.66. The third kappa shape index (κ3) is 4.39. The van der Waals surface area contributed by atoms with E-state index in [0.29, 0.717) is 18.7 Å². The molecule has 0 radical (unpaired) electrons. The topological polar surface area (TPSA) is 62.7 Å². The monoisotopic (exact) mass is 353 g/mol. The van der Waals surface area contributed by atoms with Gasteiger partial charge in [0.1, 0.15) is 5.75 Å². The van der Waals surface area contributed by atoms with Gasteiger partial charge in [0, 0.05) is 50.7 Å². The number of carbonyl (C=O) groups excluding carboxylic acids is 2. The van der Waals surface area contributed by atoms with Crippen LogP contribution in [0.5, 0.6) is 5.75 Å². The minimum Gasteiger partial charge on any atom is -0.495 e. The van der Waals surface area contributed by atoms with E-state index >= 15 is 0 Å². The normalized spacial score (nSPS) is 14.2. The summed E-state index contributed by atoms with van der Waals surface area (Å²) < 4.78 is 5.21. The molecule has 1 fully saturated rings. The van der Waals surface area contributed by atoms with Gasteiger partial charge in [-0.15, -0.1) is 0 Å². The Kier molecular flexibility index (Phi) is 5.84. The molecular weight excluding hydrogens is 330 g/mol. The number of pyridine rings is 1. The van der Waals surface area contributed by atoms with Gasteiger partial charge in [-0.05, 0) is 0 Å². The molecule has 2 heterocycles. The van der Waals surface area contributed by atoms with Crippen LogP contribution >= 0.6 is 0 Å². The van der Waals surface area contributed by atoms with Crippen molar-refractivity contribution in [2.24, 2.45) is 0 Å². The number of rotatable bonds is 6. The number of Topliss-reactive ketones (excluding diaryl/α,β-unsaturated/α-hetero) is 1. The van der Waals surface area contributed by atoms with Crippen LogP contribution < -0.4 is 9.64 Å². The zero-order valence-electron chi connectivity index (χ0n) is 14.9. The van der Waals surface area contributed by atoms with Crippen LogP contribution in [0.4, 0.5) is 5.69 Å². The van der Waals surface area contributed by atoms with Gasteiger partial charge < -0.3 is 14.5 Å². The fourth-order valence-corrected chi connectivity index (χ4v) is 3.05. The number of ketones is 1. The highest BCUT2D eigenvalue weighted by atomic mass is 16.5. The summed E-state index contributed by atoms with van der Waals surface area (Å²) in [6.07, 6.45) is 3.99. The van der Waals surface area contributed by atoms with Crippen LogP contribution in [0.15, 0.2) is 48.8 Å². The summed E-state index contributed by atoms with van der Waals surface area (Å²) in [5, 5.41) is 0. The fraction of sp³-hybridized carbons (Fsp3) is 0.350. The number of piperazine rings is 1. The van der Waals surface area contributed by atoms with E-state index in [1.807, 2.05) is 29.2 Å². The molecule has 0 saturated carbocycles. The van der Waals surface area contributed by atoms with Gasteiger partial charge in [-0.3, -0.25) is 14.6 Å². The van der Waals surface area contributed by atoms with Crippen LogP contribution in [0.1, 0.15) is 23.2 Å². The number of benzene rings is 1. The number of carbonyl (C=O) groups is 2. The second-order valence-corrected chi connectivity index (χ2v) is 6.24. The lowest BCUT2D eigenvalue weighted by atomic mass is 10.1. The maximum absolute atomic E-state index is 12.4. The number of hydrogen-bond acceptors (Lipinski definition) is 5. The van der Waals surface area contributed by atoms with E-state index in [-0.39, 0.29) is 24.5 Å². The molecule has 6 nitrogen and oxygen atoms in total. The molecule has 2 aromatic rings. The second-order valence-electron chi connectivity index (χ2n) is 6.24. The second kappa shape index (κ2) is 8.47. The van der Waals surface area contributed by atoms with Crippen LogP contribution in [0.25, 0.3) is 0 Å². The van der Waals surface area contributed by atoms with E-state index in [4.69, 9.17) is 4.74 Å². The Labute approximate surface area is 153 Å². The summed E-state index contributed by atoms with van der Waals surface area (Å²) in [7, 11) is 1.62. The number of hydrogen-bond donors (Lipinski definition) is 0. The van der Waals surface area contributed by atoms with E-state index in [1.165, 1.54) is 0 Å². The Morgan fingerprint density at radius 1 is 1.04 bits per heavy atom. The zero-order chi connectivity index (χ0) is 18.4. The first-order valence-corrected chi connectivity index (χ1v) is 8.77. The van der Waals surface area contributed by atoms with Gasteiger partial charge in [-0.2, -0.15) is 0 Å². The highest BCUT2D eigenvalue weighted by molar-refractivity contribution is 5.97. The van der Waals surface area contributed by atoms with Crippen LogP contribution in [0.3, 0.4) is 0 Å². The third-order valence-electron chi connectivity index (χ3n) is 4.59. The lowest BCUT2D eigenvalue weighted by molar-refractivity contribution is -0.131. The molecule has 0 spiro atoms. The van der Waals surface area contributed by atoms with Crippen LogP contribution in [-0.4, -0.2) is 54.9 Å². The van der Waals surface area contributed by atoms with Crippen molar-refractivity contribution < 1.29 is 14.3 Å². The molecule has 0 bridgehead atoms. The molecule has 0 atom stereocenters. The van der Waals surface area contributed by atoms with E-state index in [0.717, 1.165) is 24.5 Å². The third-order valence-corrected chi connectivity index (χ3v) is 4.59. The van der Waals surface area contributed by atoms with E-state index < -0.39 is 0 Å². The molecule has 1 aliphatic heterocycles. The van der Waals surface area contributed by atoms with Crippen molar-refractivity contribution in [1.82, 2.24) is 9.88 Å². The highest BCUT2D eigenvalue weighted by Crippen LogP contribution is 2.20. The number of anilines is 1. The quantitative estimate of drug-likeness (QED) is 0.746. The molecule has 136 valence electrons. The Balaban J connectivity index is 1.48. The summed E-state index contributed by atoms with van der Waals surface area (Å²) in [6, 6.07) is 11.1. The van der Waals surface area contributed by atoms with Gasteiger partial charge in [0.2, 0.25) is 5.91 Å². The summed E-state index contributed by atoms with van der Waals surface area (Å²) in [5.74, 6) is 0.776. The number of ether oxygens (including phenoxy) is 1. The predicted molar refractivity (Wildman–Crippen MR) is 99.6 cm³/mol. The lowest BCUT2D eigenvalue weighted by Gasteiger charge is -2.36. The van der Waals surface area contributed by atoms with Gasteiger partial charge in [-0.25, -0.2) is 0 Å². The van der Waals surface area contributed by atoms with Crippen molar-refractivity contribution in [2.45, 2.75) is 12.8 Å². The van der Waals surface area contributed by atoms with Crippen LogP contribution in [-0.2, 0) is 4.79 Å². The summed E-state index contributed by atoms with van der Waals surface area (Å²) >= 11 is 0. The highest BCUT2D eigenvalue weighted by Gasteiger charge is 2.22. The Morgan fingerprint density at radius 3 is 2.46 bits per heavy atom. The standard InChI is InChI=1S/C20H23N3O3/c1-26-18-13-17(14-21-15-18)22-9-11-23(12-10-22)20(25)8-7-19(24)16-5-3-2-4-6-16/h2-6,13-15H,7-12H2,1H3. The van der Waals surface area contributed by atoms with E-state index in [1.54, 1.807) is 31.6 Å². The van der Waals surface area contributed by atoms with Crippen molar-refractivity contribution in [3.05, 3.63) is 54.4 Å². The molecule has 1 saturated heterocycles. The number of amides is 1. The van der Waals surface area contributed by atoms with Crippen molar-refractivity contribution in [3.63, 3.8) is 0 Å². The van der Waals surface area contributed by atoms with Crippen molar-refractivity contribution >= 4 is 17.4 Å². The number of methoxy groups -OCH3 is 1. The van der Waals surface area contributed by atoms with E-state index in [2.05, 4.69) is 9.88 Å². The maximum atomic E-state index is 12.4. The zero-order valence-corrected chi connectivity index (χ0v) is 14.9. The van der Waals surface area contributed by atoms with Gasteiger partial charge in [-0.1, -0.05) is 30.3 Å². The lowest BCUT2D eigenvalue weighted by Crippen LogP contribution is -2.48. The minimum absolute atomic E-state index is 0.0139. The average molecular weight is 353 g/mol.